The van der Waals surface area contributed by atoms with Crippen LogP contribution in [0.25, 0.3) is 10.9 Å². The van der Waals surface area contributed by atoms with Crippen LogP contribution in [0, 0.1) is 6.92 Å². The second kappa shape index (κ2) is 11.0. The van der Waals surface area contributed by atoms with Crippen molar-refractivity contribution in [3.05, 3.63) is 71.8 Å². The van der Waals surface area contributed by atoms with E-state index in [1.165, 1.54) is 25.6 Å². The van der Waals surface area contributed by atoms with E-state index in [1.54, 1.807) is 19.2 Å². The van der Waals surface area contributed by atoms with E-state index in [9.17, 15) is 9.59 Å². The van der Waals surface area contributed by atoms with Gasteiger partial charge in [0.25, 0.3) is 0 Å². The molecule has 0 amide bonds. The van der Waals surface area contributed by atoms with Gasteiger partial charge >= 0.3 is 0 Å². The van der Waals surface area contributed by atoms with E-state index in [0.29, 0.717) is 53.7 Å². The summed E-state index contributed by atoms with van der Waals surface area (Å²) in [5.74, 6) is 0.767. The summed E-state index contributed by atoms with van der Waals surface area (Å²) in [5.41, 5.74) is 3.00. The number of likely N-dealkylation sites (N-methyl/N-ethyl adjacent to an activating group) is 1. The zero-order valence-electron chi connectivity index (χ0n) is 20.7. The number of carbonyl (C=O) groups is 2. The molecule has 2 aromatic carbocycles. The molecule has 0 radical (unpaired) electrons. The minimum atomic E-state index is -0.326. The molecule has 9 nitrogen and oxygen atoms in total. The molecule has 1 aromatic heterocycles. The summed E-state index contributed by atoms with van der Waals surface area (Å²) in [6, 6.07) is 11.3. The van der Waals surface area contributed by atoms with Crippen LogP contribution < -0.4 is 19.7 Å². The lowest BCUT2D eigenvalue weighted by Crippen LogP contribution is -2.31. The van der Waals surface area contributed by atoms with Crippen LogP contribution in [0.2, 0.25) is 0 Å². The molecule has 1 heterocycles. The predicted octanol–water partition coefficient (Wildman–Crippen LogP) is 3.83. The van der Waals surface area contributed by atoms with Crippen molar-refractivity contribution in [1.29, 1.82) is 0 Å². The van der Waals surface area contributed by atoms with Crippen LogP contribution in [-0.4, -0.2) is 55.5 Å². The molecule has 0 unspecified atom stereocenters. The number of ketones is 2. The summed E-state index contributed by atoms with van der Waals surface area (Å²) in [6.45, 7) is 5.25. The molecule has 3 aromatic rings. The zero-order chi connectivity index (χ0) is 25.7. The Kier molecular flexibility index (Phi) is 7.60. The maximum atomic E-state index is 13.1. The average molecular weight is 489 g/mol. The second-order valence-corrected chi connectivity index (χ2v) is 8.10. The van der Waals surface area contributed by atoms with Gasteiger partial charge in [-0.3, -0.25) is 9.59 Å². The van der Waals surface area contributed by atoms with Crippen LogP contribution in [0.1, 0.15) is 12.5 Å². The number of rotatable bonds is 10. The van der Waals surface area contributed by atoms with Crippen molar-refractivity contribution >= 4 is 34.0 Å². The van der Waals surface area contributed by atoms with E-state index < -0.39 is 0 Å². The van der Waals surface area contributed by atoms with Gasteiger partial charge in [0.05, 0.1) is 30.6 Å². The number of hydrogen-bond donors (Lipinski definition) is 1. The highest BCUT2D eigenvalue weighted by atomic mass is 16.5. The van der Waals surface area contributed by atoms with Gasteiger partial charge in [-0.15, -0.1) is 0 Å². The zero-order valence-corrected chi connectivity index (χ0v) is 20.7. The number of hydrogen-bond acceptors (Lipinski definition) is 9. The number of methoxy groups -OCH3 is 2. The molecule has 186 valence electrons. The fraction of sp³-hybridized carbons (Fsp3) is 0.259. The standard InChI is InChI=1S/C27H28N4O5/c1-5-31(18-8-6-17(2)7-9-18)22-15-23(32)21(13-24(22)33)30-27-19-12-25(35-4)26(36-11-10-34-3)14-20(19)28-16-29-27/h6-9,12-16H,5,10-11H2,1-4H3,(H,28,29,30). The number of ether oxygens (including phenoxy) is 3. The van der Waals surface area contributed by atoms with E-state index in [0.717, 1.165) is 11.3 Å². The first kappa shape index (κ1) is 24.9. The van der Waals surface area contributed by atoms with Crippen LogP contribution in [0.15, 0.2) is 66.3 Å². The summed E-state index contributed by atoms with van der Waals surface area (Å²) in [6.07, 6.45) is 4.05. The lowest BCUT2D eigenvalue weighted by atomic mass is 10.0. The minimum Gasteiger partial charge on any atom is -0.493 e. The Morgan fingerprint density at radius 2 is 1.72 bits per heavy atom. The van der Waals surface area contributed by atoms with E-state index in [2.05, 4.69) is 15.3 Å². The first-order valence-corrected chi connectivity index (χ1v) is 11.5. The molecule has 0 fully saturated rings. The van der Waals surface area contributed by atoms with Gasteiger partial charge in [-0.05, 0) is 32.0 Å². The van der Waals surface area contributed by atoms with E-state index in [1.807, 2.05) is 43.0 Å². The number of aromatic nitrogens is 2. The van der Waals surface area contributed by atoms with Crippen molar-refractivity contribution in [3.63, 3.8) is 0 Å². The SMILES string of the molecule is CCN(C1=CC(=O)C(Nc2ncnc3cc(OCCOC)c(OC)cc23)=CC1=O)c1ccc(C)cc1. The average Bonchev–Trinajstić information content (AvgIpc) is 2.88. The molecule has 0 bridgehead atoms. The molecule has 0 atom stereocenters. The topological polar surface area (TPSA) is 103 Å². The Labute approximate surface area is 209 Å². The van der Waals surface area contributed by atoms with Gasteiger partial charge in [0.15, 0.2) is 11.5 Å². The Bertz CT molecular complexity index is 1350. The summed E-state index contributed by atoms with van der Waals surface area (Å²) in [7, 11) is 3.13. The first-order valence-electron chi connectivity index (χ1n) is 11.5. The van der Waals surface area contributed by atoms with E-state index >= 15 is 0 Å². The van der Waals surface area contributed by atoms with Crippen molar-refractivity contribution in [2.24, 2.45) is 0 Å². The third kappa shape index (κ3) is 5.21. The fourth-order valence-electron chi connectivity index (χ4n) is 3.87. The number of anilines is 2. The summed E-state index contributed by atoms with van der Waals surface area (Å²) < 4.78 is 16.2. The molecule has 36 heavy (non-hydrogen) atoms. The number of allylic oxidation sites excluding steroid dienone is 2. The van der Waals surface area contributed by atoms with Gasteiger partial charge in [0.2, 0.25) is 11.6 Å². The quantitative estimate of drug-likeness (QED) is 0.337. The van der Waals surface area contributed by atoms with Gasteiger partial charge in [0, 0.05) is 42.9 Å². The molecule has 4 rings (SSSR count). The summed E-state index contributed by atoms with van der Waals surface area (Å²) in [5, 5.41) is 3.62. The van der Waals surface area contributed by atoms with Gasteiger partial charge in [0.1, 0.15) is 18.8 Å². The number of aryl methyl sites for hydroxylation is 1. The van der Waals surface area contributed by atoms with E-state index in [4.69, 9.17) is 14.2 Å². The lowest BCUT2D eigenvalue weighted by molar-refractivity contribution is -0.115. The van der Waals surface area contributed by atoms with Crippen molar-refractivity contribution in [2.45, 2.75) is 13.8 Å². The molecule has 0 saturated carbocycles. The minimum absolute atomic E-state index is 0.128. The van der Waals surface area contributed by atoms with Gasteiger partial charge in [-0.25, -0.2) is 9.97 Å². The highest BCUT2D eigenvalue weighted by Gasteiger charge is 2.25. The Balaban J connectivity index is 1.61. The van der Waals surface area contributed by atoms with Gasteiger partial charge in [-0.1, -0.05) is 17.7 Å². The van der Waals surface area contributed by atoms with Crippen molar-refractivity contribution < 1.29 is 23.8 Å². The molecule has 0 spiro atoms. The van der Waals surface area contributed by atoms with Gasteiger partial charge in [-0.2, -0.15) is 0 Å². The highest BCUT2D eigenvalue weighted by Crippen LogP contribution is 2.34. The molecular formula is C27H28N4O5. The predicted molar refractivity (Wildman–Crippen MR) is 137 cm³/mol. The first-order chi connectivity index (χ1) is 17.4. The van der Waals surface area contributed by atoms with Crippen LogP contribution in [0.4, 0.5) is 11.5 Å². The fourth-order valence-corrected chi connectivity index (χ4v) is 3.87. The maximum absolute atomic E-state index is 13.1. The maximum Gasteiger partial charge on any atom is 0.204 e. The van der Waals surface area contributed by atoms with Crippen molar-refractivity contribution in [1.82, 2.24) is 9.97 Å². The van der Waals surface area contributed by atoms with Crippen molar-refractivity contribution in [2.75, 3.05) is 44.2 Å². The third-order valence-electron chi connectivity index (χ3n) is 5.73. The molecule has 1 N–H and O–H groups in total. The number of nitrogens with one attached hydrogen (secondary N) is 1. The Morgan fingerprint density at radius 1 is 0.944 bits per heavy atom. The largest absolute Gasteiger partial charge is 0.493 e. The third-order valence-corrected chi connectivity index (χ3v) is 5.73. The molecule has 9 heteroatoms. The number of nitrogens with zero attached hydrogens (tertiary/aromatic N) is 3. The summed E-state index contributed by atoms with van der Waals surface area (Å²) >= 11 is 0. The molecule has 1 aliphatic carbocycles. The van der Waals surface area contributed by atoms with Crippen LogP contribution in [0.3, 0.4) is 0 Å². The van der Waals surface area contributed by atoms with Gasteiger partial charge < -0.3 is 24.4 Å². The highest BCUT2D eigenvalue weighted by molar-refractivity contribution is 6.22. The Hall–Kier alpha value is -4.24. The molecule has 1 aliphatic rings. The van der Waals surface area contributed by atoms with Crippen LogP contribution in [-0.2, 0) is 14.3 Å². The molecular weight excluding hydrogens is 460 g/mol. The monoisotopic (exact) mass is 488 g/mol. The lowest BCUT2D eigenvalue weighted by Gasteiger charge is -2.26. The number of fused-ring (bicyclic) bond motifs is 1. The Morgan fingerprint density at radius 3 is 2.42 bits per heavy atom. The number of carbonyl (C=O) groups excluding carboxylic acids is 2. The normalized spacial score (nSPS) is 13.3. The number of benzene rings is 2. The van der Waals surface area contributed by atoms with Crippen molar-refractivity contribution in [3.8, 4) is 11.5 Å². The molecule has 0 aliphatic heterocycles. The summed E-state index contributed by atoms with van der Waals surface area (Å²) in [4.78, 5) is 36.5. The smallest absolute Gasteiger partial charge is 0.204 e. The van der Waals surface area contributed by atoms with E-state index in [-0.39, 0.29) is 17.3 Å². The van der Waals surface area contributed by atoms with Crippen LogP contribution in [0.5, 0.6) is 11.5 Å². The second-order valence-electron chi connectivity index (χ2n) is 8.10. The van der Waals surface area contributed by atoms with Crippen LogP contribution >= 0.6 is 0 Å². The molecule has 0 saturated heterocycles.